The summed E-state index contributed by atoms with van der Waals surface area (Å²) in [5.74, 6) is 0.914. The number of carbonyl (C=O) groups excluding carboxylic acids is 1. The van der Waals surface area contributed by atoms with Crippen molar-refractivity contribution in [1.82, 2.24) is 5.32 Å². The van der Waals surface area contributed by atoms with E-state index in [-0.39, 0.29) is 6.61 Å². The lowest BCUT2D eigenvalue weighted by Gasteiger charge is -2.07. The van der Waals surface area contributed by atoms with Gasteiger partial charge in [-0.05, 0) is 11.1 Å². The molecule has 2 rings (SSSR count). The van der Waals surface area contributed by atoms with Crippen molar-refractivity contribution in [1.29, 1.82) is 0 Å². The van der Waals surface area contributed by atoms with E-state index in [0.717, 1.165) is 11.1 Å². The van der Waals surface area contributed by atoms with Crippen LogP contribution in [0.4, 0.5) is 4.79 Å². The molecule has 2 aromatic rings. The maximum atomic E-state index is 11.9. The predicted octanol–water partition coefficient (Wildman–Crippen LogP) is 2.86. The Balaban J connectivity index is 1.61. The molecule has 0 bridgehead atoms. The molecule has 0 radical (unpaired) electrons. The number of rotatable bonds is 7. The normalized spacial score (nSPS) is 11.6. The maximum Gasteiger partial charge on any atom is 0.407 e. The van der Waals surface area contributed by atoms with Crippen LogP contribution in [0.5, 0.6) is 0 Å². The number of hydrogen-bond donors (Lipinski definition) is 1. The molecule has 0 saturated heterocycles. The van der Waals surface area contributed by atoms with Crippen molar-refractivity contribution in [3.63, 3.8) is 0 Å². The molecule has 0 saturated carbocycles. The van der Waals surface area contributed by atoms with Gasteiger partial charge < -0.3 is 10.1 Å². The highest BCUT2D eigenvalue weighted by atomic mass is 32.2. The van der Waals surface area contributed by atoms with Gasteiger partial charge in [-0.25, -0.2) is 4.79 Å². The summed E-state index contributed by atoms with van der Waals surface area (Å²) in [6.07, 6.45) is -0.486. The van der Waals surface area contributed by atoms with E-state index in [4.69, 9.17) is 4.74 Å². The summed E-state index contributed by atoms with van der Waals surface area (Å²) in [5, 5.41) is 2.62. The van der Waals surface area contributed by atoms with Crippen molar-refractivity contribution in [2.45, 2.75) is 12.4 Å². The highest BCUT2D eigenvalue weighted by Crippen LogP contribution is 2.03. The third-order valence-electron chi connectivity index (χ3n) is 2.98. The van der Waals surface area contributed by atoms with Gasteiger partial charge in [-0.15, -0.1) is 0 Å². The van der Waals surface area contributed by atoms with Gasteiger partial charge in [-0.3, -0.25) is 4.21 Å². The van der Waals surface area contributed by atoms with Gasteiger partial charge >= 0.3 is 6.09 Å². The van der Waals surface area contributed by atoms with Gasteiger partial charge in [-0.2, -0.15) is 0 Å². The summed E-state index contributed by atoms with van der Waals surface area (Å²) in [5.41, 5.74) is 1.97. The molecule has 0 aliphatic heterocycles. The summed E-state index contributed by atoms with van der Waals surface area (Å²) in [7, 11) is -0.998. The molecule has 0 fully saturated rings. The van der Waals surface area contributed by atoms with Crippen molar-refractivity contribution in [2.24, 2.45) is 0 Å². The number of hydrogen-bond acceptors (Lipinski definition) is 3. The van der Waals surface area contributed by atoms with Crippen molar-refractivity contribution >= 4 is 16.9 Å². The molecule has 0 aliphatic rings. The molecule has 2 aromatic carbocycles. The van der Waals surface area contributed by atoms with Crippen LogP contribution in [0.1, 0.15) is 11.1 Å². The molecule has 1 amide bonds. The van der Waals surface area contributed by atoms with E-state index in [1.807, 2.05) is 60.7 Å². The summed E-state index contributed by atoms with van der Waals surface area (Å²) >= 11 is 0. The Hall–Kier alpha value is -2.14. The average Bonchev–Trinajstić information content (AvgIpc) is 2.55. The quantitative estimate of drug-likeness (QED) is 0.854. The lowest BCUT2D eigenvalue weighted by molar-refractivity contribution is 0.140. The fraction of sp³-hybridized carbons (Fsp3) is 0.235. The van der Waals surface area contributed by atoms with Crippen LogP contribution in [0.3, 0.4) is 0 Å². The number of alkyl carbamates (subject to hydrolysis) is 1. The largest absolute Gasteiger partial charge is 0.445 e. The Labute approximate surface area is 133 Å². The predicted molar refractivity (Wildman–Crippen MR) is 87.8 cm³/mol. The minimum atomic E-state index is -0.998. The van der Waals surface area contributed by atoms with E-state index >= 15 is 0 Å². The molecule has 1 unspecified atom stereocenters. The summed E-state index contributed by atoms with van der Waals surface area (Å²) in [4.78, 5) is 11.5. The molecule has 1 atom stereocenters. The van der Waals surface area contributed by atoms with Crippen LogP contribution < -0.4 is 5.32 Å². The van der Waals surface area contributed by atoms with E-state index < -0.39 is 16.9 Å². The molecule has 1 N–H and O–H groups in total. The molecule has 0 aromatic heterocycles. The zero-order valence-corrected chi connectivity index (χ0v) is 13.1. The number of nitrogens with one attached hydrogen (secondary N) is 1. The van der Waals surface area contributed by atoms with Crippen molar-refractivity contribution < 1.29 is 13.7 Å². The first-order chi connectivity index (χ1) is 10.7. The molecular weight excluding hydrogens is 298 g/mol. The monoisotopic (exact) mass is 317 g/mol. The lowest BCUT2D eigenvalue weighted by Crippen LogP contribution is -2.28. The highest BCUT2D eigenvalue weighted by Gasteiger charge is 2.05. The van der Waals surface area contributed by atoms with Crippen LogP contribution in [0.2, 0.25) is 0 Å². The Bertz CT molecular complexity index is 602. The standard InChI is InChI=1S/C17H19NO3S/c19-17(21-13-15-7-3-1-4-8-15)18-11-12-22(20)14-16-9-5-2-6-10-16/h1-10H,11-14H2,(H,18,19). The Morgan fingerprint density at radius 2 is 1.55 bits per heavy atom. The van der Waals surface area contributed by atoms with Crippen molar-refractivity contribution in [3.8, 4) is 0 Å². The molecule has 116 valence electrons. The van der Waals surface area contributed by atoms with E-state index in [0.29, 0.717) is 18.1 Å². The van der Waals surface area contributed by atoms with Gasteiger partial charge in [0.1, 0.15) is 6.61 Å². The first-order valence-corrected chi connectivity index (χ1v) is 8.56. The third-order valence-corrected chi connectivity index (χ3v) is 4.30. The second-order valence-electron chi connectivity index (χ2n) is 4.76. The molecule has 5 heteroatoms. The van der Waals surface area contributed by atoms with Crippen LogP contribution in [-0.2, 0) is 27.9 Å². The fourth-order valence-electron chi connectivity index (χ4n) is 1.87. The van der Waals surface area contributed by atoms with E-state index in [1.165, 1.54) is 0 Å². The minimum absolute atomic E-state index is 0.236. The zero-order chi connectivity index (χ0) is 15.6. The highest BCUT2D eigenvalue weighted by molar-refractivity contribution is 7.84. The molecule has 0 heterocycles. The van der Waals surface area contributed by atoms with Gasteiger partial charge in [0.25, 0.3) is 0 Å². The molecular formula is C17H19NO3S. The lowest BCUT2D eigenvalue weighted by atomic mass is 10.2. The van der Waals surface area contributed by atoms with Gasteiger partial charge in [0.15, 0.2) is 0 Å². The second-order valence-corrected chi connectivity index (χ2v) is 6.34. The smallest absolute Gasteiger partial charge is 0.407 e. The van der Waals surface area contributed by atoms with Crippen LogP contribution in [0.15, 0.2) is 60.7 Å². The molecule has 4 nitrogen and oxygen atoms in total. The summed E-state index contributed by atoms with van der Waals surface area (Å²) in [6.45, 7) is 0.576. The van der Waals surface area contributed by atoms with E-state index in [9.17, 15) is 9.00 Å². The maximum absolute atomic E-state index is 11.9. The molecule has 0 spiro atoms. The van der Waals surface area contributed by atoms with Gasteiger partial charge in [0, 0.05) is 28.9 Å². The van der Waals surface area contributed by atoms with Crippen LogP contribution in [0.25, 0.3) is 0 Å². The number of amides is 1. The van der Waals surface area contributed by atoms with Crippen molar-refractivity contribution in [3.05, 3.63) is 71.8 Å². The number of benzene rings is 2. The first-order valence-electron chi connectivity index (χ1n) is 7.07. The van der Waals surface area contributed by atoms with Crippen LogP contribution in [0, 0.1) is 0 Å². The van der Waals surface area contributed by atoms with E-state index in [2.05, 4.69) is 5.32 Å². The first kappa shape index (κ1) is 16.2. The topological polar surface area (TPSA) is 55.4 Å². The SMILES string of the molecule is O=C(NCCS(=O)Cc1ccccc1)OCc1ccccc1. The Morgan fingerprint density at radius 3 is 2.18 bits per heavy atom. The van der Waals surface area contributed by atoms with Crippen LogP contribution in [-0.4, -0.2) is 22.6 Å². The van der Waals surface area contributed by atoms with Gasteiger partial charge in [-0.1, -0.05) is 60.7 Å². The summed E-state index contributed by atoms with van der Waals surface area (Å²) in [6, 6.07) is 19.1. The number of carbonyl (C=O) groups is 1. The van der Waals surface area contributed by atoms with Gasteiger partial charge in [0.05, 0.1) is 0 Å². The van der Waals surface area contributed by atoms with Gasteiger partial charge in [0.2, 0.25) is 0 Å². The fourth-order valence-corrected chi connectivity index (χ4v) is 2.91. The number of ether oxygens (including phenoxy) is 1. The second kappa shape index (κ2) is 9.00. The molecule has 22 heavy (non-hydrogen) atoms. The van der Waals surface area contributed by atoms with Crippen molar-refractivity contribution in [2.75, 3.05) is 12.3 Å². The Morgan fingerprint density at radius 1 is 0.955 bits per heavy atom. The summed E-state index contributed by atoms with van der Waals surface area (Å²) < 4.78 is 17.0. The van der Waals surface area contributed by atoms with E-state index in [1.54, 1.807) is 0 Å². The zero-order valence-electron chi connectivity index (χ0n) is 12.2. The molecule has 0 aliphatic carbocycles. The average molecular weight is 317 g/mol. The Kier molecular flexibility index (Phi) is 6.64. The minimum Gasteiger partial charge on any atom is -0.445 e. The third kappa shape index (κ3) is 6.10. The van der Waals surface area contributed by atoms with Crippen LogP contribution >= 0.6 is 0 Å².